The van der Waals surface area contributed by atoms with Gasteiger partial charge in [0, 0.05) is 31.6 Å². The van der Waals surface area contributed by atoms with E-state index >= 15 is 0 Å². The van der Waals surface area contributed by atoms with Crippen molar-refractivity contribution in [1.29, 1.82) is 0 Å². The van der Waals surface area contributed by atoms with E-state index in [0.29, 0.717) is 24.6 Å². The molecule has 1 aliphatic rings. The third kappa shape index (κ3) is 5.66. The zero-order valence-electron chi connectivity index (χ0n) is 13.4. The van der Waals surface area contributed by atoms with Crippen molar-refractivity contribution >= 4 is 5.91 Å². The van der Waals surface area contributed by atoms with Gasteiger partial charge in [0.25, 0.3) is 5.91 Å². The number of hydrogen-bond acceptors (Lipinski definition) is 4. The Morgan fingerprint density at radius 1 is 1.41 bits per heavy atom. The van der Waals surface area contributed by atoms with Gasteiger partial charge < -0.3 is 20.1 Å². The molecule has 5 heteroatoms. The highest BCUT2D eigenvalue weighted by atomic mass is 16.5. The summed E-state index contributed by atoms with van der Waals surface area (Å²) >= 11 is 0. The standard InChI is InChI=1S/C17H26N2O3/c1-13(2)11-19-17(20)14-3-5-15(6-4-14)21-9-7-16-12-18-8-10-22-16/h3-6,13,16,18H,7-12H2,1-2H3,(H,19,20). The van der Waals surface area contributed by atoms with E-state index in [1.54, 1.807) is 12.1 Å². The van der Waals surface area contributed by atoms with E-state index in [-0.39, 0.29) is 12.0 Å². The lowest BCUT2D eigenvalue weighted by Gasteiger charge is -2.23. The van der Waals surface area contributed by atoms with Crippen LogP contribution in [0, 0.1) is 5.92 Å². The summed E-state index contributed by atoms with van der Waals surface area (Å²) < 4.78 is 11.3. The number of benzene rings is 1. The fourth-order valence-corrected chi connectivity index (χ4v) is 2.21. The smallest absolute Gasteiger partial charge is 0.251 e. The molecule has 1 unspecified atom stereocenters. The average Bonchev–Trinajstić information content (AvgIpc) is 2.54. The van der Waals surface area contributed by atoms with Crippen molar-refractivity contribution in [2.24, 2.45) is 5.92 Å². The number of hydrogen-bond donors (Lipinski definition) is 2. The lowest BCUT2D eigenvalue weighted by Crippen LogP contribution is -2.39. The third-order valence-electron chi connectivity index (χ3n) is 3.50. The van der Waals surface area contributed by atoms with Crippen LogP contribution in [-0.4, -0.2) is 44.9 Å². The molecule has 5 nitrogen and oxygen atoms in total. The Bertz CT molecular complexity index is 453. The van der Waals surface area contributed by atoms with Crippen LogP contribution in [0.25, 0.3) is 0 Å². The minimum absolute atomic E-state index is 0.0399. The second-order valence-electron chi connectivity index (χ2n) is 5.96. The maximum Gasteiger partial charge on any atom is 0.251 e. The highest BCUT2D eigenvalue weighted by molar-refractivity contribution is 5.94. The van der Waals surface area contributed by atoms with Crippen molar-refractivity contribution in [2.75, 3.05) is 32.8 Å². The summed E-state index contributed by atoms with van der Waals surface area (Å²) in [7, 11) is 0. The fourth-order valence-electron chi connectivity index (χ4n) is 2.21. The van der Waals surface area contributed by atoms with E-state index in [4.69, 9.17) is 9.47 Å². The molecule has 122 valence electrons. The molecule has 1 aromatic rings. The molecule has 0 aliphatic carbocycles. The maximum absolute atomic E-state index is 11.9. The number of ether oxygens (including phenoxy) is 2. The zero-order chi connectivity index (χ0) is 15.8. The molecule has 1 heterocycles. The quantitative estimate of drug-likeness (QED) is 0.807. The van der Waals surface area contributed by atoms with Gasteiger partial charge in [0.05, 0.1) is 19.3 Å². The van der Waals surface area contributed by atoms with Crippen molar-refractivity contribution in [3.63, 3.8) is 0 Å². The molecular weight excluding hydrogens is 280 g/mol. The first kappa shape index (κ1) is 16.8. The SMILES string of the molecule is CC(C)CNC(=O)c1ccc(OCCC2CNCCO2)cc1. The van der Waals surface area contributed by atoms with Crippen LogP contribution in [0.1, 0.15) is 30.6 Å². The number of nitrogens with one attached hydrogen (secondary N) is 2. The monoisotopic (exact) mass is 306 g/mol. The van der Waals surface area contributed by atoms with Gasteiger partial charge in [0.2, 0.25) is 0 Å². The minimum atomic E-state index is -0.0399. The molecular formula is C17H26N2O3. The number of carbonyl (C=O) groups excluding carboxylic acids is 1. The van der Waals surface area contributed by atoms with Gasteiger partial charge in [-0.1, -0.05) is 13.8 Å². The van der Waals surface area contributed by atoms with Crippen molar-refractivity contribution in [1.82, 2.24) is 10.6 Å². The molecule has 0 bridgehead atoms. The summed E-state index contributed by atoms with van der Waals surface area (Å²) in [4.78, 5) is 11.9. The predicted octanol–water partition coefficient (Wildman–Crippen LogP) is 1.83. The van der Waals surface area contributed by atoms with Gasteiger partial charge in [-0.05, 0) is 30.2 Å². The zero-order valence-corrected chi connectivity index (χ0v) is 13.4. The van der Waals surface area contributed by atoms with Gasteiger partial charge in [0.1, 0.15) is 5.75 Å². The van der Waals surface area contributed by atoms with E-state index in [1.807, 2.05) is 12.1 Å². The van der Waals surface area contributed by atoms with E-state index in [0.717, 1.165) is 31.9 Å². The van der Waals surface area contributed by atoms with E-state index in [1.165, 1.54) is 0 Å². The van der Waals surface area contributed by atoms with Crippen LogP contribution in [0.5, 0.6) is 5.75 Å². The Labute approximate surface area is 132 Å². The molecule has 0 saturated carbocycles. The first-order valence-electron chi connectivity index (χ1n) is 7.98. The van der Waals surface area contributed by atoms with E-state index in [2.05, 4.69) is 24.5 Å². The van der Waals surface area contributed by atoms with Crippen LogP contribution >= 0.6 is 0 Å². The van der Waals surface area contributed by atoms with Crippen molar-refractivity contribution in [2.45, 2.75) is 26.4 Å². The van der Waals surface area contributed by atoms with E-state index < -0.39 is 0 Å². The average molecular weight is 306 g/mol. The van der Waals surface area contributed by atoms with Crippen LogP contribution < -0.4 is 15.4 Å². The molecule has 1 fully saturated rings. The molecule has 22 heavy (non-hydrogen) atoms. The molecule has 1 amide bonds. The van der Waals surface area contributed by atoms with Crippen LogP contribution in [0.4, 0.5) is 0 Å². The molecule has 1 aromatic carbocycles. The summed E-state index contributed by atoms with van der Waals surface area (Å²) in [5, 5.41) is 6.20. The Balaban J connectivity index is 1.72. The molecule has 0 radical (unpaired) electrons. The molecule has 0 spiro atoms. The van der Waals surface area contributed by atoms with Gasteiger partial charge in [-0.15, -0.1) is 0 Å². The van der Waals surface area contributed by atoms with Gasteiger partial charge in [-0.2, -0.15) is 0 Å². The highest BCUT2D eigenvalue weighted by Gasteiger charge is 2.13. The van der Waals surface area contributed by atoms with Crippen LogP contribution in [0.2, 0.25) is 0 Å². The highest BCUT2D eigenvalue weighted by Crippen LogP contribution is 2.13. The molecule has 1 saturated heterocycles. The largest absolute Gasteiger partial charge is 0.493 e. The Kier molecular flexibility index (Phi) is 6.68. The number of amides is 1. The summed E-state index contributed by atoms with van der Waals surface area (Å²) in [6.45, 7) is 8.03. The van der Waals surface area contributed by atoms with Gasteiger partial charge >= 0.3 is 0 Å². The first-order chi connectivity index (χ1) is 10.6. The summed E-state index contributed by atoms with van der Waals surface area (Å²) in [6.07, 6.45) is 1.10. The normalized spacial score (nSPS) is 18.2. The summed E-state index contributed by atoms with van der Waals surface area (Å²) in [5.74, 6) is 1.19. The Morgan fingerprint density at radius 2 is 2.18 bits per heavy atom. The second-order valence-corrected chi connectivity index (χ2v) is 5.96. The Morgan fingerprint density at radius 3 is 2.82 bits per heavy atom. The second kappa shape index (κ2) is 8.76. The fraction of sp³-hybridized carbons (Fsp3) is 0.588. The molecule has 2 rings (SSSR count). The summed E-state index contributed by atoms with van der Waals surface area (Å²) in [5.41, 5.74) is 0.660. The predicted molar refractivity (Wildman–Crippen MR) is 86.3 cm³/mol. The number of carbonyl (C=O) groups is 1. The van der Waals surface area contributed by atoms with Gasteiger partial charge in [-0.3, -0.25) is 4.79 Å². The van der Waals surface area contributed by atoms with Crippen LogP contribution in [0.3, 0.4) is 0 Å². The molecule has 1 aliphatic heterocycles. The van der Waals surface area contributed by atoms with Gasteiger partial charge in [0.15, 0.2) is 0 Å². The lowest BCUT2D eigenvalue weighted by molar-refractivity contribution is 0.0159. The first-order valence-corrected chi connectivity index (χ1v) is 7.98. The van der Waals surface area contributed by atoms with Crippen molar-refractivity contribution in [3.05, 3.63) is 29.8 Å². The third-order valence-corrected chi connectivity index (χ3v) is 3.50. The van der Waals surface area contributed by atoms with Crippen molar-refractivity contribution < 1.29 is 14.3 Å². The number of morpholine rings is 1. The van der Waals surface area contributed by atoms with Crippen LogP contribution in [-0.2, 0) is 4.74 Å². The van der Waals surface area contributed by atoms with E-state index in [9.17, 15) is 4.79 Å². The molecule has 1 atom stereocenters. The topological polar surface area (TPSA) is 59.6 Å². The maximum atomic E-state index is 11.9. The lowest BCUT2D eigenvalue weighted by atomic mass is 10.2. The van der Waals surface area contributed by atoms with Gasteiger partial charge in [-0.25, -0.2) is 0 Å². The molecule has 0 aromatic heterocycles. The van der Waals surface area contributed by atoms with Crippen molar-refractivity contribution in [3.8, 4) is 5.75 Å². The Hall–Kier alpha value is -1.59. The van der Waals surface area contributed by atoms with Crippen LogP contribution in [0.15, 0.2) is 24.3 Å². The minimum Gasteiger partial charge on any atom is -0.493 e. The number of rotatable bonds is 7. The summed E-state index contributed by atoms with van der Waals surface area (Å²) in [6, 6.07) is 7.27. The molecule has 2 N–H and O–H groups in total.